The fraction of sp³-hybridized carbons (Fsp3) is 0.250. The first-order valence-corrected chi connectivity index (χ1v) is 8.54. The summed E-state index contributed by atoms with van der Waals surface area (Å²) in [4.78, 5) is 11.9. The van der Waals surface area contributed by atoms with E-state index in [1.807, 2.05) is 43.3 Å². The highest BCUT2D eigenvalue weighted by molar-refractivity contribution is 6.33. The van der Waals surface area contributed by atoms with E-state index in [0.717, 1.165) is 41.2 Å². The van der Waals surface area contributed by atoms with Gasteiger partial charge in [0.05, 0.1) is 10.7 Å². The molecule has 0 fully saturated rings. The molecular weight excluding hydrogens is 320 g/mol. The fourth-order valence-electron chi connectivity index (χ4n) is 2.86. The van der Waals surface area contributed by atoms with Crippen LogP contribution in [-0.4, -0.2) is 5.78 Å². The zero-order valence-electron chi connectivity index (χ0n) is 13.9. The Morgan fingerprint density at radius 3 is 2.54 bits per heavy atom. The van der Waals surface area contributed by atoms with Crippen molar-refractivity contribution in [1.82, 2.24) is 0 Å². The molecule has 0 amide bonds. The average Bonchev–Trinajstić information content (AvgIpc) is 2.57. The Morgan fingerprint density at radius 2 is 1.75 bits per heavy atom. The molecule has 0 unspecified atom stereocenters. The summed E-state index contributed by atoms with van der Waals surface area (Å²) in [5, 5.41) is 7.41. The number of Topliss-reactive ketones (excluding diaryl/α,β-unsaturated/α-hetero) is 1. The number of rotatable bonds is 4. The van der Waals surface area contributed by atoms with Crippen LogP contribution in [0.4, 0.5) is 17.1 Å². The van der Waals surface area contributed by atoms with E-state index < -0.39 is 0 Å². The molecule has 4 heteroatoms. The largest absolute Gasteiger partial charge is 0.357 e. The lowest BCUT2D eigenvalue weighted by atomic mass is 9.96. The van der Waals surface area contributed by atoms with E-state index in [9.17, 15) is 4.79 Å². The third kappa shape index (κ3) is 3.62. The minimum absolute atomic E-state index is 0.217. The monoisotopic (exact) mass is 340 g/mol. The van der Waals surface area contributed by atoms with Crippen molar-refractivity contribution in [3.05, 3.63) is 64.3 Å². The van der Waals surface area contributed by atoms with Gasteiger partial charge in [-0.2, -0.15) is 0 Å². The van der Waals surface area contributed by atoms with Crippen LogP contribution in [-0.2, 0) is 4.79 Å². The zero-order valence-corrected chi connectivity index (χ0v) is 14.7. The van der Waals surface area contributed by atoms with Crippen LogP contribution >= 0.6 is 11.6 Å². The van der Waals surface area contributed by atoms with E-state index in [4.69, 9.17) is 11.6 Å². The molecule has 2 aromatic carbocycles. The van der Waals surface area contributed by atoms with Gasteiger partial charge in [-0.25, -0.2) is 0 Å². The predicted octanol–water partition coefficient (Wildman–Crippen LogP) is 5.83. The van der Waals surface area contributed by atoms with Gasteiger partial charge in [0.15, 0.2) is 5.78 Å². The van der Waals surface area contributed by atoms with E-state index in [1.165, 1.54) is 5.56 Å². The van der Waals surface area contributed by atoms with Crippen molar-refractivity contribution in [2.75, 3.05) is 10.6 Å². The Bertz CT molecular complexity index is 811. The third-order valence-electron chi connectivity index (χ3n) is 4.38. The number of benzene rings is 2. The van der Waals surface area contributed by atoms with Crippen LogP contribution in [0.2, 0.25) is 5.02 Å². The van der Waals surface area contributed by atoms with Crippen molar-refractivity contribution in [2.45, 2.75) is 33.1 Å². The Morgan fingerprint density at radius 1 is 0.958 bits per heavy atom. The number of aryl methyl sites for hydroxylation is 1. The molecule has 1 aliphatic rings. The molecule has 3 nitrogen and oxygen atoms in total. The van der Waals surface area contributed by atoms with E-state index in [2.05, 4.69) is 23.6 Å². The van der Waals surface area contributed by atoms with E-state index in [-0.39, 0.29) is 5.78 Å². The number of ketones is 1. The third-order valence-corrected chi connectivity index (χ3v) is 4.71. The number of nitrogens with one attached hydrogen (secondary N) is 2. The second-order valence-corrected chi connectivity index (χ2v) is 6.55. The topological polar surface area (TPSA) is 41.1 Å². The summed E-state index contributed by atoms with van der Waals surface area (Å²) in [5.74, 6) is 0.217. The number of allylic oxidation sites excluding steroid dienone is 2. The van der Waals surface area contributed by atoms with Crippen LogP contribution in [0.25, 0.3) is 0 Å². The highest BCUT2D eigenvalue weighted by Gasteiger charge is 2.17. The molecule has 0 bridgehead atoms. The second-order valence-electron chi connectivity index (χ2n) is 6.14. The highest BCUT2D eigenvalue weighted by Crippen LogP contribution is 2.31. The predicted molar refractivity (Wildman–Crippen MR) is 101 cm³/mol. The number of hydrogen-bond acceptors (Lipinski definition) is 3. The summed E-state index contributed by atoms with van der Waals surface area (Å²) < 4.78 is 0. The van der Waals surface area contributed by atoms with Gasteiger partial charge in [0.25, 0.3) is 0 Å². The molecular formula is C20H21ClN2O. The van der Waals surface area contributed by atoms with Crippen molar-refractivity contribution < 1.29 is 4.79 Å². The van der Waals surface area contributed by atoms with Crippen LogP contribution in [0.5, 0.6) is 0 Å². The van der Waals surface area contributed by atoms with Crippen molar-refractivity contribution >= 4 is 34.4 Å². The van der Waals surface area contributed by atoms with Crippen LogP contribution in [0.15, 0.2) is 53.7 Å². The number of carbonyl (C=O) groups is 1. The molecule has 3 rings (SSSR count). The van der Waals surface area contributed by atoms with Gasteiger partial charge in [0, 0.05) is 29.1 Å². The van der Waals surface area contributed by atoms with Gasteiger partial charge in [0.2, 0.25) is 0 Å². The van der Waals surface area contributed by atoms with Crippen molar-refractivity contribution in [3.63, 3.8) is 0 Å². The Kier molecular flexibility index (Phi) is 4.91. The second kappa shape index (κ2) is 7.10. The van der Waals surface area contributed by atoms with E-state index in [0.29, 0.717) is 11.4 Å². The average molecular weight is 341 g/mol. The SMILES string of the molecule is CC1=C(Nc2cc(Nc3ccccc3C)ccc2Cl)CCCC1=O. The van der Waals surface area contributed by atoms with Gasteiger partial charge < -0.3 is 10.6 Å². The first kappa shape index (κ1) is 16.6. The van der Waals surface area contributed by atoms with E-state index >= 15 is 0 Å². The normalized spacial score (nSPS) is 14.7. The van der Waals surface area contributed by atoms with Crippen molar-refractivity contribution in [1.29, 1.82) is 0 Å². The summed E-state index contributed by atoms with van der Waals surface area (Å²) in [5.41, 5.74) is 5.80. The summed E-state index contributed by atoms with van der Waals surface area (Å²) in [6, 6.07) is 13.9. The molecule has 2 N–H and O–H groups in total. The molecule has 0 saturated carbocycles. The minimum atomic E-state index is 0.217. The Hall–Kier alpha value is -2.26. The number of anilines is 3. The van der Waals surface area contributed by atoms with E-state index in [1.54, 1.807) is 0 Å². The maximum absolute atomic E-state index is 11.9. The minimum Gasteiger partial charge on any atom is -0.357 e. The number of hydrogen-bond donors (Lipinski definition) is 2. The lowest BCUT2D eigenvalue weighted by Gasteiger charge is -2.20. The molecule has 0 atom stereocenters. The fourth-order valence-corrected chi connectivity index (χ4v) is 3.02. The molecule has 1 aliphatic carbocycles. The lowest BCUT2D eigenvalue weighted by molar-refractivity contribution is -0.116. The first-order chi connectivity index (χ1) is 11.5. The maximum Gasteiger partial charge on any atom is 0.160 e. The molecule has 0 aliphatic heterocycles. The number of carbonyl (C=O) groups excluding carboxylic acids is 1. The first-order valence-electron chi connectivity index (χ1n) is 8.17. The van der Waals surface area contributed by atoms with Crippen LogP contribution in [0, 0.1) is 6.92 Å². The highest BCUT2D eigenvalue weighted by atomic mass is 35.5. The number of para-hydroxylation sites is 1. The van der Waals surface area contributed by atoms with Gasteiger partial charge in [-0.15, -0.1) is 0 Å². The summed E-state index contributed by atoms with van der Waals surface area (Å²) in [7, 11) is 0. The lowest BCUT2D eigenvalue weighted by Crippen LogP contribution is -2.14. The molecule has 0 radical (unpaired) electrons. The number of halogens is 1. The molecule has 0 saturated heterocycles. The van der Waals surface area contributed by atoms with Crippen LogP contribution < -0.4 is 10.6 Å². The zero-order chi connectivity index (χ0) is 17.1. The summed E-state index contributed by atoms with van der Waals surface area (Å²) >= 11 is 6.34. The summed E-state index contributed by atoms with van der Waals surface area (Å²) in [6.07, 6.45) is 2.40. The van der Waals surface area contributed by atoms with Crippen molar-refractivity contribution in [3.8, 4) is 0 Å². The maximum atomic E-state index is 11.9. The molecule has 0 heterocycles. The quantitative estimate of drug-likeness (QED) is 0.735. The Labute approximate surface area is 147 Å². The Balaban J connectivity index is 1.86. The van der Waals surface area contributed by atoms with Gasteiger partial charge >= 0.3 is 0 Å². The standard InChI is InChI=1S/C20H21ClN2O/c1-13-6-3-4-7-17(13)22-15-10-11-16(21)19(12-15)23-18-8-5-9-20(24)14(18)2/h3-4,6-7,10-12,22-23H,5,8-9H2,1-2H3. The molecule has 2 aromatic rings. The van der Waals surface area contributed by atoms with Gasteiger partial charge in [-0.05, 0) is 56.5 Å². The van der Waals surface area contributed by atoms with Gasteiger partial charge in [0.1, 0.15) is 0 Å². The molecule has 124 valence electrons. The van der Waals surface area contributed by atoms with Gasteiger partial charge in [-0.3, -0.25) is 4.79 Å². The molecule has 0 spiro atoms. The van der Waals surface area contributed by atoms with Gasteiger partial charge in [-0.1, -0.05) is 29.8 Å². The van der Waals surface area contributed by atoms with Crippen LogP contribution in [0.1, 0.15) is 31.7 Å². The van der Waals surface area contributed by atoms with Crippen molar-refractivity contribution in [2.24, 2.45) is 0 Å². The molecule has 24 heavy (non-hydrogen) atoms. The smallest absolute Gasteiger partial charge is 0.160 e. The van der Waals surface area contributed by atoms with Crippen LogP contribution in [0.3, 0.4) is 0 Å². The molecule has 0 aromatic heterocycles. The summed E-state index contributed by atoms with van der Waals surface area (Å²) in [6.45, 7) is 3.95.